The number of hydrogen-bond acceptors (Lipinski definition) is 5. The van der Waals surface area contributed by atoms with Crippen LogP contribution in [0.1, 0.15) is 11.1 Å². The fraction of sp³-hybridized carbons (Fsp3) is 0.125. The Labute approximate surface area is 126 Å². The van der Waals surface area contributed by atoms with E-state index in [1.807, 2.05) is 42.5 Å². The third-order valence-electron chi connectivity index (χ3n) is 3.67. The summed E-state index contributed by atoms with van der Waals surface area (Å²) in [4.78, 5) is 18.2. The zero-order valence-electron chi connectivity index (χ0n) is 11.6. The second-order valence-corrected chi connectivity index (χ2v) is 5.11. The van der Waals surface area contributed by atoms with Gasteiger partial charge in [0.05, 0.1) is 19.3 Å². The Hall–Kier alpha value is -3.02. The molecule has 0 atom stereocenters. The second-order valence-electron chi connectivity index (χ2n) is 5.11. The Balaban J connectivity index is 1.74. The zero-order valence-corrected chi connectivity index (χ0v) is 11.6. The van der Waals surface area contributed by atoms with Gasteiger partial charge in [-0.05, 0) is 39.6 Å². The number of aromatic nitrogens is 2. The van der Waals surface area contributed by atoms with Crippen molar-refractivity contribution in [2.45, 2.75) is 13.1 Å². The molecular formula is C16H12N4O2. The summed E-state index contributed by atoms with van der Waals surface area (Å²) in [6, 6.07) is 13.4. The molecule has 2 heterocycles. The molecule has 0 radical (unpaired) electrons. The minimum atomic E-state index is -0.122. The molecule has 0 unspecified atom stereocenters. The predicted octanol–water partition coefficient (Wildman–Crippen LogP) is 2.34. The maximum absolute atomic E-state index is 12.3. The number of hydrogen-bond donors (Lipinski definition) is 0. The van der Waals surface area contributed by atoms with Crippen LogP contribution in [0.3, 0.4) is 0 Å². The van der Waals surface area contributed by atoms with Crippen LogP contribution >= 0.6 is 0 Å². The number of para-hydroxylation sites is 1. The summed E-state index contributed by atoms with van der Waals surface area (Å²) in [5.74, 6) is -0.122. The van der Waals surface area contributed by atoms with Crippen molar-refractivity contribution in [3.63, 3.8) is 0 Å². The normalized spacial score (nSPS) is 14.2. The molecule has 3 aromatic rings. The number of nitrogens with zero attached hydrogens (tertiary/aromatic N) is 4. The molecular weight excluding hydrogens is 280 g/mol. The van der Waals surface area contributed by atoms with E-state index in [-0.39, 0.29) is 5.91 Å². The molecule has 0 aliphatic carbocycles. The zero-order chi connectivity index (χ0) is 14.9. The number of benzene rings is 2. The maximum atomic E-state index is 12.3. The molecule has 4 rings (SSSR count). The molecule has 0 N–H and O–H groups in total. The van der Waals surface area contributed by atoms with Gasteiger partial charge in [0.15, 0.2) is 0 Å². The molecule has 1 aliphatic heterocycles. The quantitative estimate of drug-likeness (QED) is 0.726. The van der Waals surface area contributed by atoms with Gasteiger partial charge in [-0.25, -0.2) is 4.63 Å². The molecule has 1 amide bonds. The van der Waals surface area contributed by atoms with Crippen molar-refractivity contribution in [2.24, 2.45) is 4.99 Å². The van der Waals surface area contributed by atoms with Crippen LogP contribution in [0.4, 0.5) is 5.69 Å². The lowest BCUT2D eigenvalue weighted by molar-refractivity contribution is -0.112. The van der Waals surface area contributed by atoms with E-state index in [4.69, 9.17) is 4.63 Å². The van der Waals surface area contributed by atoms with E-state index < -0.39 is 0 Å². The summed E-state index contributed by atoms with van der Waals surface area (Å²) in [6.45, 7) is 0.968. The van der Waals surface area contributed by atoms with Crippen LogP contribution in [-0.4, -0.2) is 22.4 Å². The van der Waals surface area contributed by atoms with Crippen LogP contribution < -0.4 is 4.90 Å². The fourth-order valence-electron chi connectivity index (χ4n) is 2.59. The molecule has 6 nitrogen and oxygen atoms in total. The summed E-state index contributed by atoms with van der Waals surface area (Å²) in [6.07, 6.45) is 1.39. The third kappa shape index (κ3) is 2.14. The predicted molar refractivity (Wildman–Crippen MR) is 81.6 cm³/mol. The Morgan fingerprint density at radius 2 is 1.95 bits per heavy atom. The Morgan fingerprint density at radius 1 is 1.09 bits per heavy atom. The van der Waals surface area contributed by atoms with Crippen molar-refractivity contribution in [1.82, 2.24) is 10.3 Å². The van der Waals surface area contributed by atoms with Gasteiger partial charge in [0.2, 0.25) is 0 Å². The molecule has 0 saturated carbocycles. The van der Waals surface area contributed by atoms with E-state index in [2.05, 4.69) is 15.3 Å². The van der Waals surface area contributed by atoms with Gasteiger partial charge in [0, 0.05) is 5.69 Å². The van der Waals surface area contributed by atoms with Crippen molar-refractivity contribution in [3.05, 3.63) is 53.6 Å². The van der Waals surface area contributed by atoms with Crippen LogP contribution in [0.15, 0.2) is 52.1 Å². The van der Waals surface area contributed by atoms with Gasteiger partial charge in [0.25, 0.3) is 5.91 Å². The molecule has 0 bridgehead atoms. The topological polar surface area (TPSA) is 71.6 Å². The molecule has 22 heavy (non-hydrogen) atoms. The SMILES string of the molecule is O=C1C=NCc2ccccc2N1Cc1ccc2nonc2c1. The van der Waals surface area contributed by atoms with Crippen molar-refractivity contribution in [1.29, 1.82) is 0 Å². The number of aliphatic imine (C=N–C) groups is 1. The number of carbonyl (C=O) groups excluding carboxylic acids is 1. The van der Waals surface area contributed by atoms with E-state index in [0.717, 1.165) is 16.8 Å². The third-order valence-corrected chi connectivity index (χ3v) is 3.67. The Morgan fingerprint density at radius 3 is 2.91 bits per heavy atom. The van der Waals surface area contributed by atoms with E-state index in [1.54, 1.807) is 4.90 Å². The standard InChI is InChI=1S/C16H12N4O2/c21-16-9-17-8-12-3-1-2-4-15(12)20(16)10-11-5-6-13-14(7-11)19-22-18-13/h1-7,9H,8,10H2. The van der Waals surface area contributed by atoms with Gasteiger partial charge in [-0.2, -0.15) is 0 Å². The summed E-state index contributed by atoms with van der Waals surface area (Å²) < 4.78 is 4.71. The van der Waals surface area contributed by atoms with Crippen LogP contribution in [0, 0.1) is 0 Å². The summed E-state index contributed by atoms with van der Waals surface area (Å²) in [5.41, 5.74) is 4.27. The van der Waals surface area contributed by atoms with Crippen molar-refractivity contribution >= 4 is 28.8 Å². The maximum Gasteiger partial charge on any atom is 0.269 e. The average molecular weight is 292 g/mol. The minimum Gasteiger partial charge on any atom is -0.303 e. The van der Waals surface area contributed by atoms with Gasteiger partial charge in [-0.3, -0.25) is 9.79 Å². The van der Waals surface area contributed by atoms with Crippen LogP contribution in [-0.2, 0) is 17.9 Å². The van der Waals surface area contributed by atoms with Gasteiger partial charge in [-0.15, -0.1) is 0 Å². The summed E-state index contributed by atoms with van der Waals surface area (Å²) in [7, 11) is 0. The van der Waals surface area contributed by atoms with Gasteiger partial charge < -0.3 is 4.90 Å². The first kappa shape index (κ1) is 12.7. The second kappa shape index (κ2) is 5.07. The Kier molecular flexibility index (Phi) is 2.93. The number of carbonyl (C=O) groups is 1. The van der Waals surface area contributed by atoms with Gasteiger partial charge >= 0.3 is 0 Å². The van der Waals surface area contributed by atoms with Crippen molar-refractivity contribution in [2.75, 3.05) is 4.90 Å². The van der Waals surface area contributed by atoms with E-state index in [1.165, 1.54) is 6.21 Å². The first-order valence-electron chi connectivity index (χ1n) is 6.92. The van der Waals surface area contributed by atoms with Crippen LogP contribution in [0.5, 0.6) is 0 Å². The van der Waals surface area contributed by atoms with Gasteiger partial charge in [-0.1, -0.05) is 24.3 Å². The minimum absolute atomic E-state index is 0.122. The lowest BCUT2D eigenvalue weighted by atomic mass is 10.1. The highest BCUT2D eigenvalue weighted by Crippen LogP contribution is 2.25. The van der Waals surface area contributed by atoms with Crippen LogP contribution in [0.25, 0.3) is 11.0 Å². The highest BCUT2D eigenvalue weighted by molar-refractivity contribution is 6.33. The fourth-order valence-corrected chi connectivity index (χ4v) is 2.59. The molecule has 108 valence electrons. The lowest BCUT2D eigenvalue weighted by Gasteiger charge is -2.22. The van der Waals surface area contributed by atoms with E-state index >= 15 is 0 Å². The van der Waals surface area contributed by atoms with Gasteiger partial charge in [0.1, 0.15) is 11.0 Å². The Bertz CT molecular complexity index is 884. The monoisotopic (exact) mass is 292 g/mol. The first-order valence-corrected chi connectivity index (χ1v) is 6.92. The molecule has 0 fully saturated rings. The molecule has 1 aromatic heterocycles. The molecule has 0 spiro atoms. The van der Waals surface area contributed by atoms with Crippen molar-refractivity contribution in [3.8, 4) is 0 Å². The number of amides is 1. The smallest absolute Gasteiger partial charge is 0.269 e. The lowest BCUT2D eigenvalue weighted by Crippen LogP contribution is -2.30. The molecule has 6 heteroatoms. The first-order chi connectivity index (χ1) is 10.8. The molecule has 0 saturated heterocycles. The number of fused-ring (bicyclic) bond motifs is 2. The number of anilines is 1. The summed E-state index contributed by atoms with van der Waals surface area (Å²) >= 11 is 0. The summed E-state index contributed by atoms with van der Waals surface area (Å²) in [5, 5.41) is 7.62. The molecule has 2 aromatic carbocycles. The van der Waals surface area contributed by atoms with E-state index in [0.29, 0.717) is 24.1 Å². The number of rotatable bonds is 2. The average Bonchev–Trinajstić information content (AvgIpc) is 2.94. The largest absolute Gasteiger partial charge is 0.303 e. The van der Waals surface area contributed by atoms with Crippen molar-refractivity contribution < 1.29 is 9.42 Å². The highest BCUT2D eigenvalue weighted by atomic mass is 16.6. The highest BCUT2D eigenvalue weighted by Gasteiger charge is 2.20. The van der Waals surface area contributed by atoms with E-state index in [9.17, 15) is 4.79 Å². The molecule has 1 aliphatic rings. The van der Waals surface area contributed by atoms with Crippen LogP contribution in [0.2, 0.25) is 0 Å².